The van der Waals surface area contributed by atoms with E-state index in [2.05, 4.69) is 17.3 Å². The summed E-state index contributed by atoms with van der Waals surface area (Å²) >= 11 is 1.74. The van der Waals surface area contributed by atoms with Crippen molar-refractivity contribution >= 4 is 24.2 Å². The quantitative estimate of drug-likeness (QED) is 0.857. The minimum Gasteiger partial charge on any atom is -0.306 e. The van der Waals surface area contributed by atoms with Crippen LogP contribution in [0.25, 0.3) is 5.69 Å². The second kappa shape index (κ2) is 6.33. The zero-order chi connectivity index (χ0) is 11.4. The van der Waals surface area contributed by atoms with Crippen LogP contribution in [0.15, 0.2) is 36.9 Å². The van der Waals surface area contributed by atoms with Crippen LogP contribution in [-0.4, -0.2) is 15.8 Å². The fourth-order valence-corrected chi connectivity index (χ4v) is 2.12. The van der Waals surface area contributed by atoms with Crippen LogP contribution in [0.5, 0.6) is 0 Å². The Morgan fingerprint density at radius 2 is 2.29 bits per heavy atom. The molecular weight excluding hydrogens is 254 g/mol. The van der Waals surface area contributed by atoms with Crippen molar-refractivity contribution in [3.05, 3.63) is 48.0 Å². The van der Waals surface area contributed by atoms with Gasteiger partial charge in [0.25, 0.3) is 0 Å². The summed E-state index contributed by atoms with van der Waals surface area (Å²) in [6, 6.07) is 7.90. The van der Waals surface area contributed by atoms with E-state index < -0.39 is 0 Å². The standard InChI is InChI=1S/C12H11N3S.ClH/c1-16-8-11-6-10(7-13)2-3-12(11)15-5-4-14-9-15;/h2-6,9H,8H2,1H3;1H. The smallest absolute Gasteiger partial charge is 0.0991 e. The van der Waals surface area contributed by atoms with Gasteiger partial charge in [0, 0.05) is 18.1 Å². The van der Waals surface area contributed by atoms with E-state index in [1.807, 2.05) is 29.0 Å². The average molecular weight is 266 g/mol. The van der Waals surface area contributed by atoms with Crippen molar-refractivity contribution in [2.24, 2.45) is 0 Å². The minimum atomic E-state index is 0. The van der Waals surface area contributed by atoms with Gasteiger partial charge in [0.2, 0.25) is 0 Å². The predicted octanol–water partition coefficient (Wildman–Crippen LogP) is 3.03. The van der Waals surface area contributed by atoms with Crippen LogP contribution in [0.1, 0.15) is 11.1 Å². The largest absolute Gasteiger partial charge is 0.306 e. The van der Waals surface area contributed by atoms with Gasteiger partial charge < -0.3 is 4.57 Å². The molecule has 0 saturated heterocycles. The molecule has 0 unspecified atom stereocenters. The molecule has 0 spiro atoms. The summed E-state index contributed by atoms with van der Waals surface area (Å²) in [5.41, 5.74) is 2.95. The normalized spacial score (nSPS) is 9.41. The number of aromatic nitrogens is 2. The van der Waals surface area contributed by atoms with Crippen LogP contribution in [-0.2, 0) is 5.75 Å². The number of halogens is 1. The SMILES string of the molecule is CSCc1cc(C#N)ccc1-n1ccnc1.Cl. The molecule has 0 atom stereocenters. The average Bonchev–Trinajstić information content (AvgIpc) is 2.83. The van der Waals surface area contributed by atoms with Crippen LogP contribution in [0, 0.1) is 11.3 Å². The highest BCUT2D eigenvalue weighted by Gasteiger charge is 2.05. The molecule has 0 aliphatic rings. The first kappa shape index (κ1) is 13.6. The number of nitriles is 1. The number of hydrogen-bond acceptors (Lipinski definition) is 3. The van der Waals surface area contributed by atoms with E-state index in [0.717, 1.165) is 17.0 Å². The van der Waals surface area contributed by atoms with Gasteiger partial charge in [-0.15, -0.1) is 12.4 Å². The van der Waals surface area contributed by atoms with Crippen molar-refractivity contribution in [2.45, 2.75) is 5.75 Å². The first-order valence-electron chi connectivity index (χ1n) is 4.85. The molecule has 2 aromatic rings. The molecule has 0 amide bonds. The molecule has 3 nitrogen and oxygen atoms in total. The monoisotopic (exact) mass is 265 g/mol. The van der Waals surface area contributed by atoms with Crippen LogP contribution >= 0.6 is 24.2 Å². The fraction of sp³-hybridized carbons (Fsp3) is 0.167. The van der Waals surface area contributed by atoms with Crippen LogP contribution in [0.2, 0.25) is 0 Å². The topological polar surface area (TPSA) is 41.6 Å². The predicted molar refractivity (Wildman–Crippen MR) is 72.7 cm³/mol. The first-order valence-corrected chi connectivity index (χ1v) is 6.25. The zero-order valence-electron chi connectivity index (χ0n) is 9.33. The molecule has 88 valence electrons. The van der Waals surface area contributed by atoms with Gasteiger partial charge in [-0.2, -0.15) is 17.0 Å². The second-order valence-electron chi connectivity index (χ2n) is 3.36. The molecule has 1 aromatic carbocycles. The van der Waals surface area contributed by atoms with Gasteiger partial charge in [-0.3, -0.25) is 0 Å². The maximum atomic E-state index is 8.88. The maximum absolute atomic E-state index is 8.88. The lowest BCUT2D eigenvalue weighted by Crippen LogP contribution is -1.97. The van der Waals surface area contributed by atoms with E-state index in [1.165, 1.54) is 0 Å². The Morgan fingerprint density at radius 1 is 1.47 bits per heavy atom. The number of thioether (sulfide) groups is 1. The molecular formula is C12H12ClN3S. The molecule has 0 N–H and O–H groups in total. The Bertz CT molecular complexity index is 517. The van der Waals surface area contributed by atoms with Crippen molar-refractivity contribution in [2.75, 3.05) is 6.26 Å². The molecule has 0 saturated carbocycles. The lowest BCUT2D eigenvalue weighted by atomic mass is 10.1. The highest BCUT2D eigenvalue weighted by molar-refractivity contribution is 7.97. The van der Waals surface area contributed by atoms with Gasteiger partial charge in [-0.25, -0.2) is 4.98 Å². The van der Waals surface area contributed by atoms with Gasteiger partial charge in [-0.1, -0.05) is 0 Å². The summed E-state index contributed by atoms with van der Waals surface area (Å²) in [4.78, 5) is 4.03. The third kappa shape index (κ3) is 3.02. The Morgan fingerprint density at radius 3 is 2.88 bits per heavy atom. The summed E-state index contributed by atoms with van der Waals surface area (Å²) in [5, 5.41) is 8.88. The molecule has 2 rings (SSSR count). The molecule has 0 fully saturated rings. The Kier molecular flexibility index (Phi) is 5.08. The van der Waals surface area contributed by atoms with E-state index in [1.54, 1.807) is 24.3 Å². The zero-order valence-corrected chi connectivity index (χ0v) is 11.0. The molecule has 0 aliphatic heterocycles. The fourth-order valence-electron chi connectivity index (χ4n) is 1.58. The van der Waals surface area contributed by atoms with Gasteiger partial charge in [0.1, 0.15) is 0 Å². The van der Waals surface area contributed by atoms with E-state index in [9.17, 15) is 0 Å². The molecule has 17 heavy (non-hydrogen) atoms. The van der Waals surface area contributed by atoms with Gasteiger partial charge in [0.05, 0.1) is 23.6 Å². The lowest BCUT2D eigenvalue weighted by Gasteiger charge is -2.09. The second-order valence-corrected chi connectivity index (χ2v) is 4.22. The summed E-state index contributed by atoms with van der Waals surface area (Å²) in [5.74, 6) is 0.892. The Labute approximate surface area is 111 Å². The third-order valence-electron chi connectivity index (χ3n) is 2.29. The summed E-state index contributed by atoms with van der Waals surface area (Å²) in [7, 11) is 0. The number of rotatable bonds is 3. The summed E-state index contributed by atoms with van der Waals surface area (Å²) in [6.45, 7) is 0. The minimum absolute atomic E-state index is 0. The Hall–Kier alpha value is -1.44. The van der Waals surface area contributed by atoms with E-state index >= 15 is 0 Å². The molecule has 5 heteroatoms. The van der Waals surface area contributed by atoms with Gasteiger partial charge in [0.15, 0.2) is 0 Å². The van der Waals surface area contributed by atoms with E-state index in [0.29, 0.717) is 5.56 Å². The Balaban J connectivity index is 0.00000144. The number of nitrogens with zero attached hydrogens (tertiary/aromatic N) is 3. The molecule has 1 heterocycles. The molecule has 0 bridgehead atoms. The molecule has 1 aromatic heterocycles. The summed E-state index contributed by atoms with van der Waals surface area (Å²) in [6.07, 6.45) is 7.48. The summed E-state index contributed by atoms with van der Waals surface area (Å²) < 4.78 is 1.96. The highest BCUT2D eigenvalue weighted by Crippen LogP contribution is 2.20. The molecule has 0 radical (unpaired) electrons. The van der Waals surface area contributed by atoms with Crippen molar-refractivity contribution in [1.82, 2.24) is 9.55 Å². The molecule has 0 aliphatic carbocycles. The highest BCUT2D eigenvalue weighted by atomic mass is 35.5. The van der Waals surface area contributed by atoms with Crippen molar-refractivity contribution < 1.29 is 0 Å². The van der Waals surface area contributed by atoms with Crippen LogP contribution in [0.3, 0.4) is 0 Å². The number of imidazole rings is 1. The number of hydrogen-bond donors (Lipinski definition) is 0. The third-order valence-corrected chi connectivity index (χ3v) is 2.89. The lowest BCUT2D eigenvalue weighted by molar-refractivity contribution is 1.04. The van der Waals surface area contributed by atoms with E-state index in [-0.39, 0.29) is 12.4 Å². The van der Waals surface area contributed by atoms with Crippen LogP contribution in [0.4, 0.5) is 0 Å². The maximum Gasteiger partial charge on any atom is 0.0991 e. The van der Waals surface area contributed by atoms with Gasteiger partial charge >= 0.3 is 0 Å². The van der Waals surface area contributed by atoms with Crippen molar-refractivity contribution in [3.63, 3.8) is 0 Å². The van der Waals surface area contributed by atoms with Crippen molar-refractivity contribution in [1.29, 1.82) is 5.26 Å². The van der Waals surface area contributed by atoms with Gasteiger partial charge in [-0.05, 0) is 30.0 Å². The number of benzene rings is 1. The van der Waals surface area contributed by atoms with E-state index in [4.69, 9.17) is 5.26 Å². The van der Waals surface area contributed by atoms with Crippen molar-refractivity contribution in [3.8, 4) is 11.8 Å². The first-order chi connectivity index (χ1) is 7.85. The van der Waals surface area contributed by atoms with Crippen LogP contribution < -0.4 is 0 Å².